The molecule has 8 nitrogen and oxygen atoms in total. The van der Waals surface area contributed by atoms with E-state index in [1.807, 2.05) is 97.1 Å². The van der Waals surface area contributed by atoms with Crippen molar-refractivity contribution in [3.63, 3.8) is 0 Å². The Balaban J connectivity index is 0.862. The zero-order chi connectivity index (χ0) is 40.3. The molecule has 0 heterocycles. The van der Waals surface area contributed by atoms with E-state index >= 15 is 0 Å². The molecule has 0 unspecified atom stereocenters. The first-order valence-corrected chi connectivity index (χ1v) is 20.7. The molecule has 9 heteroatoms. The number of para-hydroxylation sites is 4. The number of nitrogens with zero attached hydrogens (tertiary/aromatic N) is 6. The third kappa shape index (κ3) is 9.39. The fourth-order valence-corrected chi connectivity index (χ4v) is 7.88. The summed E-state index contributed by atoms with van der Waals surface area (Å²) in [4.78, 5) is 4.75. The topological polar surface area (TPSA) is 90.1 Å². The molecule has 8 rings (SSSR count). The van der Waals surface area contributed by atoms with Crippen LogP contribution in [-0.4, -0.2) is 8.42 Å². The van der Waals surface area contributed by atoms with Crippen molar-refractivity contribution in [1.82, 2.24) is 0 Å². The van der Waals surface area contributed by atoms with E-state index in [0.717, 1.165) is 45.3 Å². The number of benzene rings is 8. The predicted octanol–water partition coefficient (Wildman–Crippen LogP) is 14.0. The van der Waals surface area contributed by atoms with Gasteiger partial charge in [-0.1, -0.05) is 97.1 Å². The minimum absolute atomic E-state index is 0.171. The molecular formula is C50H40N6O2S. The maximum Gasteiger partial charge on any atom is 0.206 e. The second-order valence-corrected chi connectivity index (χ2v) is 15.6. The molecule has 8 aromatic rings. The van der Waals surface area contributed by atoms with Gasteiger partial charge in [0.25, 0.3) is 0 Å². The van der Waals surface area contributed by atoms with Gasteiger partial charge in [-0.2, -0.15) is 20.5 Å². The maximum atomic E-state index is 13.5. The highest BCUT2D eigenvalue weighted by molar-refractivity contribution is 7.91. The second kappa shape index (κ2) is 18.2. The minimum Gasteiger partial charge on any atom is -0.311 e. The Kier molecular flexibility index (Phi) is 11.8. The first kappa shape index (κ1) is 38.4. The summed E-state index contributed by atoms with van der Waals surface area (Å²) in [5.74, 6) is 0. The lowest BCUT2D eigenvalue weighted by molar-refractivity contribution is 0.596. The predicted molar refractivity (Wildman–Crippen MR) is 237 cm³/mol. The summed E-state index contributed by atoms with van der Waals surface area (Å²) < 4.78 is 26.9. The summed E-state index contributed by atoms with van der Waals surface area (Å²) in [6.45, 7) is 0.768. The number of azo groups is 2. The molecule has 0 bridgehead atoms. The Labute approximate surface area is 345 Å². The molecule has 0 saturated carbocycles. The van der Waals surface area contributed by atoms with E-state index in [2.05, 4.69) is 103 Å². The molecule has 0 aliphatic heterocycles. The highest BCUT2D eigenvalue weighted by Crippen LogP contribution is 2.36. The molecule has 0 N–H and O–H groups in total. The van der Waals surface area contributed by atoms with E-state index in [9.17, 15) is 8.42 Å². The molecule has 0 radical (unpaired) electrons. The number of hydrogen-bond donors (Lipinski definition) is 0. The molecule has 0 atom stereocenters. The van der Waals surface area contributed by atoms with Crippen molar-refractivity contribution in [2.75, 3.05) is 9.80 Å². The van der Waals surface area contributed by atoms with Crippen LogP contribution in [-0.2, 0) is 22.9 Å². The average molecular weight is 789 g/mol. The van der Waals surface area contributed by atoms with Gasteiger partial charge in [-0.15, -0.1) is 0 Å². The lowest BCUT2D eigenvalue weighted by atomic mass is 10.1. The van der Waals surface area contributed by atoms with E-state index < -0.39 is 9.84 Å². The lowest BCUT2D eigenvalue weighted by Crippen LogP contribution is -2.09. The van der Waals surface area contributed by atoms with Crippen molar-refractivity contribution in [3.05, 3.63) is 230 Å². The van der Waals surface area contributed by atoms with Crippen molar-refractivity contribution < 1.29 is 8.42 Å². The molecule has 0 aromatic heterocycles. The van der Waals surface area contributed by atoms with Gasteiger partial charge in [-0.05, 0) is 132 Å². The number of hydrogen-bond acceptors (Lipinski definition) is 8. The first-order valence-electron chi connectivity index (χ1n) is 19.2. The molecular weight excluding hydrogens is 749 g/mol. The van der Waals surface area contributed by atoms with Gasteiger partial charge >= 0.3 is 0 Å². The van der Waals surface area contributed by atoms with E-state index in [0.29, 0.717) is 24.5 Å². The van der Waals surface area contributed by atoms with Gasteiger partial charge in [-0.3, -0.25) is 0 Å². The Morgan fingerprint density at radius 2 is 0.593 bits per heavy atom. The molecule has 0 spiro atoms. The quantitative estimate of drug-likeness (QED) is 0.103. The van der Waals surface area contributed by atoms with E-state index in [1.54, 1.807) is 48.5 Å². The highest BCUT2D eigenvalue weighted by Gasteiger charge is 2.18. The molecule has 0 aliphatic carbocycles. The fraction of sp³-hybridized carbons (Fsp3) is 0.0400. The Morgan fingerprint density at radius 3 is 0.881 bits per heavy atom. The number of anilines is 6. The van der Waals surface area contributed by atoms with Crippen LogP contribution >= 0.6 is 0 Å². The third-order valence-corrected chi connectivity index (χ3v) is 11.4. The van der Waals surface area contributed by atoms with Crippen LogP contribution < -0.4 is 9.80 Å². The van der Waals surface area contributed by atoms with Crippen molar-refractivity contribution in [2.24, 2.45) is 20.5 Å². The molecule has 8 aromatic carbocycles. The van der Waals surface area contributed by atoms with Gasteiger partial charge in [0.2, 0.25) is 9.84 Å². The fourth-order valence-electron chi connectivity index (χ4n) is 6.62. The Morgan fingerprint density at radius 1 is 0.322 bits per heavy atom. The number of rotatable bonds is 14. The summed E-state index contributed by atoms with van der Waals surface area (Å²) in [6, 6.07) is 70.3. The van der Waals surface area contributed by atoms with Crippen LogP contribution in [0, 0.1) is 0 Å². The normalized spacial score (nSPS) is 11.5. The Hall–Kier alpha value is -7.49. The van der Waals surface area contributed by atoms with Gasteiger partial charge in [0.15, 0.2) is 0 Å². The first-order chi connectivity index (χ1) is 29.0. The average Bonchev–Trinajstić information content (AvgIpc) is 3.29. The summed E-state index contributed by atoms with van der Waals surface area (Å²) in [7, 11) is -3.75. The zero-order valence-corrected chi connectivity index (χ0v) is 32.9. The molecule has 0 saturated heterocycles. The van der Waals surface area contributed by atoms with Crippen molar-refractivity contribution >= 4 is 55.3 Å². The van der Waals surface area contributed by atoms with Crippen LogP contribution in [0.5, 0.6) is 0 Å². The molecule has 59 heavy (non-hydrogen) atoms. The van der Waals surface area contributed by atoms with Gasteiger partial charge in [0.1, 0.15) is 0 Å². The van der Waals surface area contributed by atoms with Crippen LogP contribution in [0.2, 0.25) is 0 Å². The van der Waals surface area contributed by atoms with E-state index in [-0.39, 0.29) is 9.79 Å². The summed E-state index contributed by atoms with van der Waals surface area (Å²) in [5.41, 5.74) is 9.49. The zero-order valence-electron chi connectivity index (χ0n) is 32.1. The van der Waals surface area contributed by atoms with Crippen LogP contribution in [0.3, 0.4) is 0 Å². The standard InChI is InChI=1S/C50H40N6O2S/c57-59(58,49-33-25-41(26-34-49)53-51-37-39-21-29-47(30-22-39)55(43-13-5-1-6-14-43)44-15-7-2-8-16-44)50-35-27-42(28-36-50)54-52-38-40-23-31-48(32-24-40)56(45-17-9-3-10-18-45)46-19-11-4-12-20-46/h1-36H,37-38H2. The van der Waals surface area contributed by atoms with Gasteiger partial charge < -0.3 is 9.80 Å². The Bertz CT molecular complexity index is 2470. The third-order valence-electron chi connectivity index (χ3n) is 9.62. The number of sulfone groups is 1. The second-order valence-electron chi connectivity index (χ2n) is 13.6. The lowest BCUT2D eigenvalue weighted by Gasteiger charge is -2.25. The highest BCUT2D eigenvalue weighted by atomic mass is 32.2. The van der Waals surface area contributed by atoms with Gasteiger partial charge in [0.05, 0.1) is 34.3 Å². The van der Waals surface area contributed by atoms with Crippen LogP contribution in [0.4, 0.5) is 45.5 Å². The van der Waals surface area contributed by atoms with E-state index in [4.69, 9.17) is 0 Å². The summed E-state index contributed by atoms with van der Waals surface area (Å²) in [6.07, 6.45) is 0. The molecule has 0 amide bonds. The van der Waals surface area contributed by atoms with Gasteiger partial charge in [-0.25, -0.2) is 8.42 Å². The van der Waals surface area contributed by atoms with Crippen LogP contribution in [0.15, 0.2) is 249 Å². The SMILES string of the molecule is O=S(=O)(c1ccc(N=NCc2ccc(N(c3ccccc3)c3ccccc3)cc2)cc1)c1ccc(N=NCc2ccc(N(c3ccccc3)c3ccccc3)cc2)cc1. The van der Waals surface area contributed by atoms with Gasteiger partial charge in [0, 0.05) is 34.1 Å². The van der Waals surface area contributed by atoms with Crippen molar-refractivity contribution in [3.8, 4) is 0 Å². The van der Waals surface area contributed by atoms with Crippen LogP contribution in [0.1, 0.15) is 11.1 Å². The van der Waals surface area contributed by atoms with Crippen molar-refractivity contribution in [1.29, 1.82) is 0 Å². The smallest absolute Gasteiger partial charge is 0.206 e. The minimum atomic E-state index is -3.75. The monoisotopic (exact) mass is 788 g/mol. The summed E-state index contributed by atoms with van der Waals surface area (Å²) in [5, 5.41) is 17.4. The summed E-state index contributed by atoms with van der Waals surface area (Å²) >= 11 is 0. The molecule has 0 fully saturated rings. The molecule has 0 aliphatic rings. The van der Waals surface area contributed by atoms with Crippen LogP contribution in [0.25, 0.3) is 0 Å². The maximum absolute atomic E-state index is 13.5. The van der Waals surface area contributed by atoms with E-state index in [1.165, 1.54) is 0 Å². The largest absolute Gasteiger partial charge is 0.311 e. The van der Waals surface area contributed by atoms with Crippen molar-refractivity contribution in [2.45, 2.75) is 22.9 Å². The molecule has 288 valence electrons.